The van der Waals surface area contributed by atoms with Gasteiger partial charge in [-0.3, -0.25) is 0 Å². The van der Waals surface area contributed by atoms with Crippen LogP contribution in [0.15, 0.2) is 30.4 Å². The molecule has 0 radical (unpaired) electrons. The van der Waals surface area contributed by atoms with Crippen LogP contribution in [0, 0.1) is 6.92 Å². The summed E-state index contributed by atoms with van der Waals surface area (Å²) in [6, 6.07) is 6.08. The molecule has 1 aromatic rings. The molecule has 1 aromatic carbocycles. The quantitative estimate of drug-likeness (QED) is 0.767. The summed E-state index contributed by atoms with van der Waals surface area (Å²) in [5.41, 5.74) is 9.10. The molecule has 1 atom stereocenters. The number of aryl methyl sites for hydroxylation is 1. The first-order valence-electron chi connectivity index (χ1n) is 5.14. The van der Waals surface area contributed by atoms with Gasteiger partial charge in [-0.25, -0.2) is 0 Å². The number of hydrogen-bond donors (Lipinski definition) is 1. The van der Waals surface area contributed by atoms with Crippen LogP contribution in [0.2, 0.25) is 0 Å². The predicted molar refractivity (Wildman–Crippen MR) is 64.1 cm³/mol. The summed E-state index contributed by atoms with van der Waals surface area (Å²) in [5.74, 6) is 0.869. The highest BCUT2D eigenvalue weighted by Gasteiger charge is 2.07. The number of hydrogen-bond acceptors (Lipinski definition) is 2. The Balaban J connectivity index is 2.91. The molecule has 0 fully saturated rings. The lowest BCUT2D eigenvalue weighted by Gasteiger charge is -2.14. The van der Waals surface area contributed by atoms with Crippen molar-refractivity contribution in [3.8, 4) is 5.75 Å². The maximum atomic E-state index is 5.87. The molecule has 0 amide bonds. The van der Waals surface area contributed by atoms with Crippen molar-refractivity contribution < 1.29 is 4.74 Å². The topological polar surface area (TPSA) is 35.2 Å². The van der Waals surface area contributed by atoms with Gasteiger partial charge in [-0.1, -0.05) is 18.7 Å². The Kier molecular flexibility index (Phi) is 3.92. The summed E-state index contributed by atoms with van der Waals surface area (Å²) in [5, 5.41) is 0. The fourth-order valence-corrected chi connectivity index (χ4v) is 1.34. The fourth-order valence-electron chi connectivity index (χ4n) is 1.34. The van der Waals surface area contributed by atoms with Crippen LogP contribution in [-0.4, -0.2) is 6.61 Å². The number of rotatable bonds is 4. The van der Waals surface area contributed by atoms with Crippen molar-refractivity contribution in [3.05, 3.63) is 41.5 Å². The van der Waals surface area contributed by atoms with E-state index in [-0.39, 0.29) is 6.04 Å². The van der Waals surface area contributed by atoms with Crippen LogP contribution in [-0.2, 0) is 0 Å². The highest BCUT2D eigenvalue weighted by molar-refractivity contribution is 5.39. The highest BCUT2D eigenvalue weighted by Crippen LogP contribution is 2.25. The van der Waals surface area contributed by atoms with E-state index in [9.17, 15) is 0 Å². The van der Waals surface area contributed by atoms with Crippen molar-refractivity contribution in [3.63, 3.8) is 0 Å². The van der Waals surface area contributed by atoms with Crippen LogP contribution in [0.4, 0.5) is 0 Å². The average molecular weight is 205 g/mol. The number of nitrogens with two attached hydrogens (primary N) is 1. The summed E-state index contributed by atoms with van der Waals surface area (Å²) in [4.78, 5) is 0. The maximum Gasteiger partial charge on any atom is 0.124 e. The Labute approximate surface area is 91.7 Å². The predicted octanol–water partition coefficient (Wildman–Crippen LogP) is 2.97. The Morgan fingerprint density at radius 3 is 2.73 bits per heavy atom. The van der Waals surface area contributed by atoms with Crippen molar-refractivity contribution in [1.29, 1.82) is 0 Å². The molecule has 2 N–H and O–H groups in total. The monoisotopic (exact) mass is 205 g/mol. The van der Waals surface area contributed by atoms with Crippen molar-refractivity contribution in [1.82, 2.24) is 0 Å². The molecular formula is C13H19NO. The summed E-state index contributed by atoms with van der Waals surface area (Å²) >= 11 is 0. The summed E-state index contributed by atoms with van der Waals surface area (Å²) in [6.07, 6.45) is 0. The lowest BCUT2D eigenvalue weighted by molar-refractivity contribution is 0.346. The van der Waals surface area contributed by atoms with Crippen molar-refractivity contribution in [2.75, 3.05) is 6.61 Å². The normalized spacial score (nSPS) is 12.3. The van der Waals surface area contributed by atoms with E-state index >= 15 is 0 Å². The number of ether oxygens (including phenoxy) is 1. The molecular weight excluding hydrogens is 186 g/mol. The molecule has 2 heteroatoms. The standard InChI is InChI=1S/C13H19NO/c1-9(2)8-15-13-7-10(3)5-6-12(13)11(4)14/h5-7,11H,1,8,14H2,2-4H3. The zero-order chi connectivity index (χ0) is 11.4. The van der Waals surface area contributed by atoms with Gasteiger partial charge in [0.05, 0.1) is 0 Å². The van der Waals surface area contributed by atoms with Gasteiger partial charge >= 0.3 is 0 Å². The van der Waals surface area contributed by atoms with Crippen LogP contribution in [0.1, 0.15) is 31.0 Å². The second kappa shape index (κ2) is 4.99. The largest absolute Gasteiger partial charge is 0.489 e. The van der Waals surface area contributed by atoms with Gasteiger partial charge in [0.15, 0.2) is 0 Å². The Bertz CT molecular complexity index is 356. The van der Waals surface area contributed by atoms with Crippen LogP contribution in [0.3, 0.4) is 0 Å². The van der Waals surface area contributed by atoms with Crippen LogP contribution in [0.5, 0.6) is 5.75 Å². The molecule has 0 bridgehead atoms. The van der Waals surface area contributed by atoms with E-state index in [0.717, 1.165) is 16.9 Å². The fraction of sp³-hybridized carbons (Fsp3) is 0.385. The van der Waals surface area contributed by atoms with E-state index in [1.54, 1.807) is 0 Å². The lowest BCUT2D eigenvalue weighted by Crippen LogP contribution is -2.09. The van der Waals surface area contributed by atoms with E-state index in [0.29, 0.717) is 6.61 Å². The smallest absolute Gasteiger partial charge is 0.124 e. The van der Waals surface area contributed by atoms with E-state index in [2.05, 4.69) is 6.58 Å². The van der Waals surface area contributed by atoms with E-state index in [4.69, 9.17) is 10.5 Å². The molecule has 0 saturated heterocycles. The van der Waals surface area contributed by atoms with Crippen LogP contribution < -0.4 is 10.5 Å². The minimum atomic E-state index is -0.00859. The van der Waals surface area contributed by atoms with Crippen LogP contribution in [0.25, 0.3) is 0 Å². The van der Waals surface area contributed by atoms with Gasteiger partial charge in [0.1, 0.15) is 12.4 Å². The summed E-state index contributed by atoms with van der Waals surface area (Å²) < 4.78 is 5.66. The first kappa shape index (κ1) is 11.8. The molecule has 1 rings (SSSR count). The second-order valence-electron chi connectivity index (χ2n) is 4.08. The second-order valence-corrected chi connectivity index (χ2v) is 4.08. The first-order chi connectivity index (χ1) is 7.00. The molecule has 1 unspecified atom stereocenters. The zero-order valence-corrected chi connectivity index (χ0v) is 9.71. The minimum absolute atomic E-state index is 0.00859. The third-order valence-corrected chi connectivity index (χ3v) is 2.13. The number of benzene rings is 1. The van der Waals surface area contributed by atoms with Gasteiger partial charge in [-0.2, -0.15) is 0 Å². The lowest BCUT2D eigenvalue weighted by atomic mass is 10.1. The molecule has 15 heavy (non-hydrogen) atoms. The third-order valence-electron chi connectivity index (χ3n) is 2.13. The Morgan fingerprint density at radius 2 is 2.20 bits per heavy atom. The maximum absolute atomic E-state index is 5.87. The third kappa shape index (κ3) is 3.40. The molecule has 0 aliphatic rings. The first-order valence-corrected chi connectivity index (χ1v) is 5.14. The highest BCUT2D eigenvalue weighted by atomic mass is 16.5. The van der Waals surface area contributed by atoms with E-state index in [1.165, 1.54) is 5.56 Å². The molecule has 0 aliphatic heterocycles. The van der Waals surface area contributed by atoms with Gasteiger partial charge < -0.3 is 10.5 Å². The Hall–Kier alpha value is -1.28. The molecule has 0 aliphatic carbocycles. The van der Waals surface area contributed by atoms with Gasteiger partial charge in [0, 0.05) is 11.6 Å². The SMILES string of the molecule is C=C(C)COc1cc(C)ccc1C(C)N. The summed E-state index contributed by atoms with van der Waals surface area (Å²) in [6.45, 7) is 10.3. The molecule has 0 saturated carbocycles. The van der Waals surface area contributed by atoms with E-state index in [1.807, 2.05) is 39.0 Å². The molecule has 82 valence electrons. The van der Waals surface area contributed by atoms with Gasteiger partial charge in [0.25, 0.3) is 0 Å². The average Bonchev–Trinajstić information content (AvgIpc) is 2.14. The summed E-state index contributed by atoms with van der Waals surface area (Å²) in [7, 11) is 0. The van der Waals surface area contributed by atoms with Gasteiger partial charge in [0.2, 0.25) is 0 Å². The minimum Gasteiger partial charge on any atom is -0.489 e. The Morgan fingerprint density at radius 1 is 1.53 bits per heavy atom. The van der Waals surface area contributed by atoms with Gasteiger partial charge in [-0.15, -0.1) is 0 Å². The molecule has 2 nitrogen and oxygen atoms in total. The van der Waals surface area contributed by atoms with Crippen LogP contribution >= 0.6 is 0 Å². The van der Waals surface area contributed by atoms with Crippen molar-refractivity contribution >= 4 is 0 Å². The van der Waals surface area contributed by atoms with Crippen molar-refractivity contribution in [2.24, 2.45) is 5.73 Å². The molecule has 0 aromatic heterocycles. The molecule has 0 heterocycles. The zero-order valence-electron chi connectivity index (χ0n) is 9.71. The van der Waals surface area contributed by atoms with Gasteiger partial charge in [-0.05, 0) is 38.0 Å². The van der Waals surface area contributed by atoms with Crippen molar-refractivity contribution in [2.45, 2.75) is 26.8 Å². The molecule has 0 spiro atoms. The van der Waals surface area contributed by atoms with E-state index < -0.39 is 0 Å².